The Morgan fingerprint density at radius 2 is 2.04 bits per heavy atom. The molecule has 144 valence electrons. The van der Waals surface area contributed by atoms with Crippen molar-refractivity contribution < 1.29 is 13.9 Å². The van der Waals surface area contributed by atoms with Gasteiger partial charge in [0, 0.05) is 44.6 Å². The van der Waals surface area contributed by atoms with Gasteiger partial charge in [-0.3, -0.25) is 9.69 Å². The zero-order chi connectivity index (χ0) is 18.5. The molecule has 2 aromatic rings. The molecule has 1 amide bonds. The predicted octanol–water partition coefficient (Wildman–Crippen LogP) is 1.30. The molecule has 2 saturated heterocycles. The molecule has 0 bridgehead atoms. The van der Waals surface area contributed by atoms with Crippen LogP contribution in [0.5, 0.6) is 0 Å². The maximum atomic E-state index is 12.6. The summed E-state index contributed by atoms with van der Waals surface area (Å²) in [4.78, 5) is 25.6. The van der Waals surface area contributed by atoms with Crippen LogP contribution in [0, 0.1) is 0 Å². The number of carbonyl (C=O) groups excluding carboxylic acids is 1. The third-order valence-electron chi connectivity index (χ3n) is 4.99. The van der Waals surface area contributed by atoms with Gasteiger partial charge in [0.2, 0.25) is 5.95 Å². The van der Waals surface area contributed by atoms with Crippen molar-refractivity contribution in [2.75, 3.05) is 44.3 Å². The first kappa shape index (κ1) is 17.9. The van der Waals surface area contributed by atoms with Crippen molar-refractivity contribution >= 4 is 11.9 Å². The van der Waals surface area contributed by atoms with Crippen LogP contribution in [0.4, 0.5) is 5.95 Å². The van der Waals surface area contributed by atoms with E-state index in [9.17, 15) is 4.79 Å². The number of aromatic nitrogens is 2. The highest BCUT2D eigenvalue weighted by Crippen LogP contribution is 2.17. The highest BCUT2D eigenvalue weighted by Gasteiger charge is 2.24. The average Bonchev–Trinajstić information content (AvgIpc) is 3.18. The smallest absolute Gasteiger partial charge is 0.254 e. The molecule has 0 unspecified atom stereocenters. The lowest BCUT2D eigenvalue weighted by Crippen LogP contribution is -2.48. The number of rotatable bonds is 5. The van der Waals surface area contributed by atoms with E-state index < -0.39 is 0 Å². The van der Waals surface area contributed by atoms with Gasteiger partial charge >= 0.3 is 0 Å². The van der Waals surface area contributed by atoms with Gasteiger partial charge in [-0.15, -0.1) is 0 Å². The summed E-state index contributed by atoms with van der Waals surface area (Å²) in [5, 5.41) is 3.12. The van der Waals surface area contributed by atoms with Crippen LogP contribution >= 0.6 is 0 Å². The first-order valence-corrected chi connectivity index (χ1v) is 9.48. The fraction of sp³-hybridized carbons (Fsp3) is 0.526. The van der Waals surface area contributed by atoms with Crippen molar-refractivity contribution in [3.05, 3.63) is 42.1 Å². The van der Waals surface area contributed by atoms with Crippen LogP contribution in [0.25, 0.3) is 0 Å². The van der Waals surface area contributed by atoms with E-state index in [0.29, 0.717) is 24.6 Å². The number of carbonyl (C=O) groups is 1. The minimum Gasteiger partial charge on any atom is -0.467 e. The third-order valence-corrected chi connectivity index (χ3v) is 4.99. The summed E-state index contributed by atoms with van der Waals surface area (Å²) in [5.41, 5.74) is 0.575. The van der Waals surface area contributed by atoms with Crippen LogP contribution in [0.3, 0.4) is 0 Å². The first-order valence-electron chi connectivity index (χ1n) is 9.48. The average molecular weight is 371 g/mol. The van der Waals surface area contributed by atoms with Crippen LogP contribution in [-0.2, 0) is 11.3 Å². The Kier molecular flexibility index (Phi) is 5.64. The zero-order valence-corrected chi connectivity index (χ0v) is 15.3. The van der Waals surface area contributed by atoms with Gasteiger partial charge in [0.05, 0.1) is 25.3 Å². The van der Waals surface area contributed by atoms with Crippen LogP contribution in [0.2, 0.25) is 0 Å². The van der Waals surface area contributed by atoms with Crippen LogP contribution in [-0.4, -0.2) is 66.2 Å². The van der Waals surface area contributed by atoms with Gasteiger partial charge in [-0.05, 0) is 25.0 Å². The Morgan fingerprint density at radius 3 is 2.85 bits per heavy atom. The van der Waals surface area contributed by atoms with E-state index in [1.54, 1.807) is 24.7 Å². The summed E-state index contributed by atoms with van der Waals surface area (Å²) >= 11 is 0. The fourth-order valence-corrected chi connectivity index (χ4v) is 3.56. The molecule has 4 rings (SSSR count). The van der Waals surface area contributed by atoms with Crippen molar-refractivity contribution in [3.63, 3.8) is 0 Å². The SMILES string of the molecule is O=C(N[C@H]1CCCN(c2ncccn2)C1)c1coc(CN2CCOCC2)c1. The number of ether oxygens (including phenoxy) is 1. The number of hydrogen-bond acceptors (Lipinski definition) is 7. The number of anilines is 1. The molecule has 4 heterocycles. The monoisotopic (exact) mass is 371 g/mol. The summed E-state index contributed by atoms with van der Waals surface area (Å²) in [6.07, 6.45) is 6.98. The number of morpholine rings is 1. The second-order valence-corrected chi connectivity index (χ2v) is 7.00. The Hall–Kier alpha value is -2.45. The van der Waals surface area contributed by atoms with E-state index in [2.05, 4.69) is 25.1 Å². The van der Waals surface area contributed by atoms with Crippen molar-refractivity contribution in [2.45, 2.75) is 25.4 Å². The number of amides is 1. The third kappa shape index (κ3) is 4.64. The van der Waals surface area contributed by atoms with Gasteiger partial charge in [-0.2, -0.15) is 0 Å². The van der Waals surface area contributed by atoms with E-state index in [4.69, 9.17) is 9.15 Å². The summed E-state index contributed by atoms with van der Waals surface area (Å²) < 4.78 is 11.0. The van der Waals surface area contributed by atoms with Crippen molar-refractivity contribution in [2.24, 2.45) is 0 Å². The highest BCUT2D eigenvalue weighted by atomic mass is 16.5. The van der Waals surface area contributed by atoms with Crippen LogP contribution in [0.1, 0.15) is 29.0 Å². The maximum absolute atomic E-state index is 12.6. The van der Waals surface area contributed by atoms with Crippen molar-refractivity contribution in [3.8, 4) is 0 Å². The Labute approximate surface area is 158 Å². The molecule has 27 heavy (non-hydrogen) atoms. The Bertz CT molecular complexity index is 745. The molecule has 2 aliphatic heterocycles. The number of piperidine rings is 1. The summed E-state index contributed by atoms with van der Waals surface area (Å²) in [6.45, 7) is 5.61. The number of hydrogen-bond donors (Lipinski definition) is 1. The quantitative estimate of drug-likeness (QED) is 0.848. The van der Waals surface area contributed by atoms with E-state index in [0.717, 1.165) is 51.4 Å². The molecule has 8 heteroatoms. The van der Waals surface area contributed by atoms with Gasteiger partial charge in [-0.25, -0.2) is 9.97 Å². The van der Waals surface area contributed by atoms with Gasteiger partial charge < -0.3 is 19.4 Å². The normalized spacial score (nSPS) is 21.2. The minimum atomic E-state index is -0.0900. The fourth-order valence-electron chi connectivity index (χ4n) is 3.56. The van der Waals surface area contributed by atoms with Crippen LogP contribution in [0.15, 0.2) is 35.2 Å². The lowest BCUT2D eigenvalue weighted by Gasteiger charge is -2.33. The molecule has 2 aliphatic rings. The highest BCUT2D eigenvalue weighted by molar-refractivity contribution is 5.94. The molecule has 0 spiro atoms. The molecular weight excluding hydrogens is 346 g/mol. The summed E-state index contributed by atoms with van der Waals surface area (Å²) in [6, 6.07) is 3.72. The number of nitrogens with one attached hydrogen (secondary N) is 1. The molecular formula is C19H25N5O3. The van der Waals surface area contributed by atoms with E-state index in [1.807, 2.05) is 6.07 Å². The number of furan rings is 1. The maximum Gasteiger partial charge on any atom is 0.254 e. The van der Waals surface area contributed by atoms with E-state index >= 15 is 0 Å². The molecule has 2 fully saturated rings. The van der Waals surface area contributed by atoms with Gasteiger partial charge in [0.15, 0.2) is 0 Å². The molecule has 1 N–H and O–H groups in total. The summed E-state index contributed by atoms with van der Waals surface area (Å²) in [5.74, 6) is 1.44. The minimum absolute atomic E-state index is 0.0765. The van der Waals surface area contributed by atoms with Crippen molar-refractivity contribution in [1.82, 2.24) is 20.2 Å². The molecule has 0 radical (unpaired) electrons. The topological polar surface area (TPSA) is 83.7 Å². The first-order chi connectivity index (χ1) is 13.3. The standard InChI is InChI=1S/C19H25N5O3/c25-18(15-11-17(27-14-15)13-23-7-9-26-10-8-23)22-16-3-1-6-24(12-16)19-20-4-2-5-21-19/h2,4-5,11,14,16H,1,3,6-10,12-13H2,(H,22,25)/t16-/m0/s1. The van der Waals surface area contributed by atoms with Gasteiger partial charge in [0.1, 0.15) is 12.0 Å². The lowest BCUT2D eigenvalue weighted by atomic mass is 10.1. The molecule has 8 nitrogen and oxygen atoms in total. The number of nitrogens with zero attached hydrogens (tertiary/aromatic N) is 4. The van der Waals surface area contributed by atoms with Crippen LogP contribution < -0.4 is 10.2 Å². The Balaban J connectivity index is 1.32. The molecule has 0 saturated carbocycles. The zero-order valence-electron chi connectivity index (χ0n) is 15.3. The second-order valence-electron chi connectivity index (χ2n) is 7.00. The van der Waals surface area contributed by atoms with Crippen molar-refractivity contribution in [1.29, 1.82) is 0 Å². The largest absolute Gasteiger partial charge is 0.467 e. The Morgan fingerprint density at radius 1 is 1.22 bits per heavy atom. The summed E-state index contributed by atoms with van der Waals surface area (Å²) in [7, 11) is 0. The lowest BCUT2D eigenvalue weighted by molar-refractivity contribution is 0.0313. The predicted molar refractivity (Wildman–Crippen MR) is 99.5 cm³/mol. The van der Waals surface area contributed by atoms with Gasteiger partial charge in [0.25, 0.3) is 5.91 Å². The second kappa shape index (κ2) is 8.49. The van der Waals surface area contributed by atoms with Gasteiger partial charge in [-0.1, -0.05) is 0 Å². The van der Waals surface area contributed by atoms with E-state index in [-0.39, 0.29) is 11.9 Å². The molecule has 1 atom stereocenters. The molecule has 0 aliphatic carbocycles. The molecule has 2 aromatic heterocycles. The molecule has 0 aromatic carbocycles. The van der Waals surface area contributed by atoms with E-state index in [1.165, 1.54) is 0 Å².